The molecule has 1 saturated heterocycles. The molecule has 2 heterocycles. The lowest BCUT2D eigenvalue weighted by molar-refractivity contribution is -0.0993. The number of hydrogen-bond acceptors (Lipinski definition) is 6. The molecule has 0 radical (unpaired) electrons. The number of aromatic nitrogens is 2. The summed E-state index contributed by atoms with van der Waals surface area (Å²) in [6.07, 6.45) is -0.890. The molecule has 2 unspecified atom stereocenters. The van der Waals surface area contributed by atoms with Crippen LogP contribution in [0, 0.1) is 5.82 Å². The van der Waals surface area contributed by atoms with Crippen LogP contribution in [0.5, 0.6) is 0 Å². The average Bonchev–Trinajstić information content (AvgIpc) is 3.12. The number of anilines is 1. The second-order valence-electron chi connectivity index (χ2n) is 7.44. The first-order chi connectivity index (χ1) is 13.2. The molecule has 2 atom stereocenters. The molecule has 0 saturated carbocycles. The van der Waals surface area contributed by atoms with Gasteiger partial charge in [0.1, 0.15) is 0 Å². The van der Waals surface area contributed by atoms with Crippen molar-refractivity contribution in [1.82, 2.24) is 9.55 Å². The average molecular weight is 391 g/mol. The van der Waals surface area contributed by atoms with Crippen LogP contribution in [-0.4, -0.2) is 40.1 Å². The Hall–Kier alpha value is -2.62. The van der Waals surface area contributed by atoms with Gasteiger partial charge in [-0.3, -0.25) is 9.36 Å². The zero-order valence-corrected chi connectivity index (χ0v) is 15.8. The fourth-order valence-corrected chi connectivity index (χ4v) is 2.73. The largest absolute Gasteiger partial charge is 0.391 e. The van der Waals surface area contributed by atoms with E-state index < -0.39 is 35.7 Å². The maximum Gasteiger partial charge on any atom is 0.351 e. The number of aliphatic hydroxyl groups is 1. The standard InChI is InChI=1S/C19H22FN3O5/c1-19(2,3)12-6-4-11(5-7-12)17(25)21-16-13(20)8-23(18(26)22-16)14-10-27-15(9-24)28-14/h4-8,14-15,24H,9-10H2,1-3H3,(H,21,22,25,26). The van der Waals surface area contributed by atoms with Gasteiger partial charge in [0, 0.05) is 5.56 Å². The Bertz CT molecular complexity index is 921. The molecule has 28 heavy (non-hydrogen) atoms. The summed E-state index contributed by atoms with van der Waals surface area (Å²) in [6, 6.07) is 6.92. The van der Waals surface area contributed by atoms with Crippen molar-refractivity contribution < 1.29 is 23.8 Å². The van der Waals surface area contributed by atoms with Gasteiger partial charge in [-0.15, -0.1) is 0 Å². The van der Waals surface area contributed by atoms with E-state index in [1.807, 2.05) is 12.1 Å². The topological polar surface area (TPSA) is 103 Å². The van der Waals surface area contributed by atoms with Crippen molar-refractivity contribution in [3.8, 4) is 0 Å². The molecule has 150 valence electrons. The number of carbonyl (C=O) groups excluding carboxylic acids is 1. The SMILES string of the molecule is CC(C)(C)c1ccc(C(=O)Nc2nc(=O)n(C3COC(CO)O3)cc2F)cc1. The van der Waals surface area contributed by atoms with Crippen molar-refractivity contribution in [2.75, 3.05) is 18.5 Å². The van der Waals surface area contributed by atoms with Crippen LogP contribution in [0.2, 0.25) is 0 Å². The fraction of sp³-hybridized carbons (Fsp3) is 0.421. The molecule has 2 N–H and O–H groups in total. The highest BCUT2D eigenvalue weighted by Gasteiger charge is 2.28. The normalized spacial score (nSPS) is 19.6. The van der Waals surface area contributed by atoms with E-state index in [0.29, 0.717) is 5.56 Å². The summed E-state index contributed by atoms with van der Waals surface area (Å²) in [5.41, 5.74) is 0.494. The van der Waals surface area contributed by atoms with E-state index in [9.17, 15) is 14.0 Å². The van der Waals surface area contributed by atoms with Crippen molar-refractivity contribution in [3.05, 3.63) is 57.9 Å². The highest BCUT2D eigenvalue weighted by molar-refractivity contribution is 6.03. The Balaban J connectivity index is 1.76. The molecule has 1 aliphatic heterocycles. The van der Waals surface area contributed by atoms with Gasteiger partial charge in [0.05, 0.1) is 19.4 Å². The molecule has 1 aromatic carbocycles. The van der Waals surface area contributed by atoms with Crippen LogP contribution >= 0.6 is 0 Å². The molecule has 8 nitrogen and oxygen atoms in total. The zero-order chi connectivity index (χ0) is 20.5. The van der Waals surface area contributed by atoms with Gasteiger partial charge in [-0.05, 0) is 23.1 Å². The number of nitrogens with one attached hydrogen (secondary N) is 1. The summed E-state index contributed by atoms with van der Waals surface area (Å²) < 4.78 is 25.6. The van der Waals surface area contributed by atoms with E-state index in [-0.39, 0.29) is 18.6 Å². The molecule has 1 fully saturated rings. The van der Waals surface area contributed by atoms with Gasteiger partial charge in [0.15, 0.2) is 24.2 Å². The molecule has 1 aliphatic rings. The minimum absolute atomic E-state index is 0.0297. The monoisotopic (exact) mass is 391 g/mol. The maximum absolute atomic E-state index is 14.4. The number of hydrogen-bond donors (Lipinski definition) is 2. The zero-order valence-electron chi connectivity index (χ0n) is 15.8. The van der Waals surface area contributed by atoms with Crippen molar-refractivity contribution >= 4 is 11.7 Å². The lowest BCUT2D eigenvalue weighted by atomic mass is 9.87. The van der Waals surface area contributed by atoms with E-state index in [2.05, 4.69) is 31.1 Å². The molecular weight excluding hydrogens is 369 g/mol. The molecule has 0 spiro atoms. The molecule has 9 heteroatoms. The number of aliphatic hydroxyl groups excluding tert-OH is 1. The third-order valence-corrected chi connectivity index (χ3v) is 4.34. The van der Waals surface area contributed by atoms with Crippen LogP contribution < -0.4 is 11.0 Å². The van der Waals surface area contributed by atoms with Gasteiger partial charge in [-0.1, -0.05) is 32.9 Å². The third kappa shape index (κ3) is 4.27. The van der Waals surface area contributed by atoms with E-state index in [1.54, 1.807) is 12.1 Å². The van der Waals surface area contributed by atoms with Gasteiger partial charge >= 0.3 is 5.69 Å². The van der Waals surface area contributed by atoms with Crippen LogP contribution in [0.15, 0.2) is 35.3 Å². The van der Waals surface area contributed by atoms with Gasteiger partial charge < -0.3 is 19.9 Å². The lowest BCUT2D eigenvalue weighted by Crippen LogP contribution is -2.30. The summed E-state index contributed by atoms with van der Waals surface area (Å²) in [4.78, 5) is 28.1. The number of carbonyl (C=O) groups is 1. The number of benzene rings is 1. The molecule has 0 aliphatic carbocycles. The Kier molecular flexibility index (Phi) is 5.59. The van der Waals surface area contributed by atoms with Crippen molar-refractivity contribution in [1.29, 1.82) is 0 Å². The van der Waals surface area contributed by atoms with E-state index in [0.717, 1.165) is 16.3 Å². The molecule has 1 amide bonds. The Morgan fingerprint density at radius 2 is 2.04 bits per heavy atom. The first-order valence-electron chi connectivity index (χ1n) is 8.77. The molecule has 3 rings (SSSR count). The summed E-state index contributed by atoms with van der Waals surface area (Å²) in [5.74, 6) is -1.94. The molecule has 1 aromatic heterocycles. The summed E-state index contributed by atoms with van der Waals surface area (Å²) >= 11 is 0. The minimum atomic E-state index is -0.902. The van der Waals surface area contributed by atoms with E-state index >= 15 is 0 Å². The first kappa shape index (κ1) is 20.1. The third-order valence-electron chi connectivity index (χ3n) is 4.34. The second-order valence-corrected chi connectivity index (χ2v) is 7.44. The van der Waals surface area contributed by atoms with Crippen LogP contribution in [0.3, 0.4) is 0 Å². The van der Waals surface area contributed by atoms with Crippen LogP contribution in [0.1, 0.15) is 42.9 Å². The van der Waals surface area contributed by atoms with Crippen molar-refractivity contribution in [2.24, 2.45) is 0 Å². The van der Waals surface area contributed by atoms with Gasteiger partial charge in [-0.25, -0.2) is 9.18 Å². The van der Waals surface area contributed by atoms with Crippen LogP contribution in [0.25, 0.3) is 0 Å². The predicted octanol–water partition coefficient (Wildman–Crippen LogP) is 1.80. The summed E-state index contributed by atoms with van der Waals surface area (Å²) in [6.45, 7) is 5.75. The molecule has 0 bridgehead atoms. The number of rotatable bonds is 4. The predicted molar refractivity (Wildman–Crippen MR) is 98.5 cm³/mol. The van der Waals surface area contributed by atoms with Gasteiger partial charge in [0.2, 0.25) is 0 Å². The maximum atomic E-state index is 14.4. The Labute approximate surface area is 160 Å². The highest BCUT2D eigenvalue weighted by Crippen LogP contribution is 2.23. The highest BCUT2D eigenvalue weighted by atomic mass is 19.1. The number of halogens is 1. The number of nitrogens with zero attached hydrogens (tertiary/aromatic N) is 2. The second kappa shape index (κ2) is 7.78. The van der Waals surface area contributed by atoms with Crippen molar-refractivity contribution in [3.63, 3.8) is 0 Å². The Morgan fingerprint density at radius 3 is 2.61 bits per heavy atom. The van der Waals surface area contributed by atoms with E-state index in [1.165, 1.54) is 0 Å². The van der Waals surface area contributed by atoms with Crippen LogP contribution in [0.4, 0.5) is 10.2 Å². The van der Waals surface area contributed by atoms with Gasteiger partial charge in [-0.2, -0.15) is 4.98 Å². The smallest absolute Gasteiger partial charge is 0.351 e. The van der Waals surface area contributed by atoms with Crippen molar-refractivity contribution in [2.45, 2.75) is 38.7 Å². The molecular formula is C19H22FN3O5. The van der Waals surface area contributed by atoms with E-state index in [4.69, 9.17) is 14.6 Å². The lowest BCUT2D eigenvalue weighted by Gasteiger charge is -2.19. The number of ether oxygens (including phenoxy) is 2. The Morgan fingerprint density at radius 1 is 1.36 bits per heavy atom. The van der Waals surface area contributed by atoms with Gasteiger partial charge in [0.25, 0.3) is 5.91 Å². The quantitative estimate of drug-likeness (QED) is 0.824. The minimum Gasteiger partial charge on any atom is -0.391 e. The first-order valence-corrected chi connectivity index (χ1v) is 8.77. The summed E-state index contributed by atoms with van der Waals surface area (Å²) in [5, 5.41) is 11.3. The molecule has 2 aromatic rings. The fourth-order valence-electron chi connectivity index (χ4n) is 2.73. The number of amides is 1. The summed E-state index contributed by atoms with van der Waals surface area (Å²) in [7, 11) is 0. The van der Waals surface area contributed by atoms with Crippen LogP contribution in [-0.2, 0) is 14.9 Å².